The van der Waals surface area contributed by atoms with E-state index < -0.39 is 0 Å². The number of hydrogen-bond donors (Lipinski definition) is 2. The van der Waals surface area contributed by atoms with Gasteiger partial charge in [0.05, 0.1) is 26.3 Å². The van der Waals surface area contributed by atoms with Crippen molar-refractivity contribution in [3.63, 3.8) is 0 Å². The molecule has 0 spiro atoms. The van der Waals surface area contributed by atoms with Gasteiger partial charge < -0.3 is 10.2 Å². The fourth-order valence-corrected chi connectivity index (χ4v) is 1.97. The van der Waals surface area contributed by atoms with E-state index in [-0.39, 0.29) is 13.2 Å². The number of tetrazole rings is 1. The maximum Gasteiger partial charge on any atom is 0.165 e. The Morgan fingerprint density at radius 1 is 1.05 bits per heavy atom. The van der Waals surface area contributed by atoms with Gasteiger partial charge in [0.1, 0.15) is 0 Å². The molecule has 0 aliphatic heterocycles. The predicted octanol–water partition coefficient (Wildman–Crippen LogP) is -0.492. The molecular formula is C13H19N5O2. The van der Waals surface area contributed by atoms with E-state index >= 15 is 0 Å². The number of aliphatic hydroxyl groups excluding tert-OH is 2. The molecule has 0 aliphatic carbocycles. The van der Waals surface area contributed by atoms with Gasteiger partial charge >= 0.3 is 0 Å². The number of rotatable bonds is 8. The van der Waals surface area contributed by atoms with Gasteiger partial charge in [-0.1, -0.05) is 30.3 Å². The smallest absolute Gasteiger partial charge is 0.165 e. The Kier molecular flexibility index (Phi) is 5.60. The molecule has 0 amide bonds. The third-order valence-corrected chi connectivity index (χ3v) is 2.98. The summed E-state index contributed by atoms with van der Waals surface area (Å²) in [6, 6.07) is 9.95. The van der Waals surface area contributed by atoms with Crippen molar-refractivity contribution in [3.05, 3.63) is 41.7 Å². The second kappa shape index (κ2) is 7.68. The Balaban J connectivity index is 2.04. The summed E-state index contributed by atoms with van der Waals surface area (Å²) in [6.07, 6.45) is 0. The number of aliphatic hydroxyl groups is 2. The third kappa shape index (κ3) is 4.09. The van der Waals surface area contributed by atoms with E-state index in [2.05, 4.69) is 15.5 Å². The summed E-state index contributed by atoms with van der Waals surface area (Å²) >= 11 is 0. The zero-order chi connectivity index (χ0) is 14.2. The van der Waals surface area contributed by atoms with E-state index in [4.69, 9.17) is 10.2 Å². The minimum Gasteiger partial charge on any atom is -0.395 e. The lowest BCUT2D eigenvalue weighted by atomic mass is 10.2. The van der Waals surface area contributed by atoms with Crippen LogP contribution in [0, 0.1) is 0 Å². The minimum atomic E-state index is 0.0419. The maximum atomic E-state index is 9.01. The molecule has 7 nitrogen and oxygen atoms in total. The zero-order valence-electron chi connectivity index (χ0n) is 11.3. The highest BCUT2D eigenvalue weighted by Gasteiger charge is 2.11. The Hall–Kier alpha value is -1.83. The summed E-state index contributed by atoms with van der Waals surface area (Å²) in [4.78, 5) is 1.91. The van der Waals surface area contributed by atoms with E-state index in [0.29, 0.717) is 26.2 Å². The lowest BCUT2D eigenvalue weighted by molar-refractivity contribution is 0.152. The van der Waals surface area contributed by atoms with Crippen LogP contribution < -0.4 is 0 Å². The van der Waals surface area contributed by atoms with Gasteiger partial charge in [-0.2, -0.15) is 0 Å². The molecule has 108 valence electrons. The number of benzene rings is 1. The molecule has 0 bridgehead atoms. The molecule has 0 aliphatic rings. The summed E-state index contributed by atoms with van der Waals surface area (Å²) in [5.74, 6) is 0.718. The van der Waals surface area contributed by atoms with Crippen molar-refractivity contribution in [1.82, 2.24) is 25.1 Å². The van der Waals surface area contributed by atoms with Crippen LogP contribution in [0.4, 0.5) is 0 Å². The molecule has 2 aromatic rings. The number of aromatic nitrogens is 4. The molecule has 0 saturated heterocycles. The highest BCUT2D eigenvalue weighted by atomic mass is 16.3. The van der Waals surface area contributed by atoms with E-state index in [0.717, 1.165) is 11.4 Å². The highest BCUT2D eigenvalue weighted by molar-refractivity contribution is 5.14. The zero-order valence-corrected chi connectivity index (χ0v) is 11.3. The van der Waals surface area contributed by atoms with Crippen LogP contribution in [0.25, 0.3) is 0 Å². The molecule has 0 unspecified atom stereocenters. The van der Waals surface area contributed by atoms with Crippen LogP contribution in [-0.4, -0.2) is 61.6 Å². The first-order valence-electron chi connectivity index (χ1n) is 6.56. The molecule has 0 fully saturated rings. The lowest BCUT2D eigenvalue weighted by Gasteiger charge is -2.19. The second-order valence-electron chi connectivity index (χ2n) is 4.46. The van der Waals surface area contributed by atoms with Crippen molar-refractivity contribution >= 4 is 0 Å². The predicted molar refractivity (Wildman–Crippen MR) is 72.8 cm³/mol. The topological polar surface area (TPSA) is 87.3 Å². The van der Waals surface area contributed by atoms with Crippen molar-refractivity contribution in [2.24, 2.45) is 0 Å². The molecule has 2 rings (SSSR count). The normalized spacial score (nSPS) is 11.2. The van der Waals surface area contributed by atoms with Crippen LogP contribution in [0.5, 0.6) is 0 Å². The van der Waals surface area contributed by atoms with E-state index in [9.17, 15) is 0 Å². The standard InChI is InChI=1S/C13H19N5O2/c19-8-6-17(7-9-20)11-13-14-15-16-18(13)10-12-4-2-1-3-5-12/h1-5,19-20H,6-11H2. The van der Waals surface area contributed by atoms with Crippen LogP contribution in [0.15, 0.2) is 30.3 Å². The quantitative estimate of drug-likeness (QED) is 0.677. The van der Waals surface area contributed by atoms with Crippen molar-refractivity contribution in [2.45, 2.75) is 13.1 Å². The van der Waals surface area contributed by atoms with E-state index in [1.54, 1.807) is 4.68 Å². The first-order valence-corrected chi connectivity index (χ1v) is 6.56. The largest absolute Gasteiger partial charge is 0.395 e. The maximum absolute atomic E-state index is 9.01. The Morgan fingerprint density at radius 2 is 1.75 bits per heavy atom. The van der Waals surface area contributed by atoms with Gasteiger partial charge in [0.25, 0.3) is 0 Å². The average molecular weight is 277 g/mol. The van der Waals surface area contributed by atoms with E-state index in [1.807, 2.05) is 35.2 Å². The molecule has 20 heavy (non-hydrogen) atoms. The molecule has 0 atom stereocenters. The van der Waals surface area contributed by atoms with Crippen molar-refractivity contribution in [1.29, 1.82) is 0 Å². The molecule has 1 heterocycles. The summed E-state index contributed by atoms with van der Waals surface area (Å²) in [5.41, 5.74) is 1.12. The Morgan fingerprint density at radius 3 is 2.40 bits per heavy atom. The van der Waals surface area contributed by atoms with Gasteiger partial charge in [-0.15, -0.1) is 5.10 Å². The van der Waals surface area contributed by atoms with Gasteiger partial charge in [-0.25, -0.2) is 4.68 Å². The molecule has 7 heteroatoms. The molecular weight excluding hydrogens is 258 g/mol. The van der Waals surface area contributed by atoms with Crippen molar-refractivity contribution < 1.29 is 10.2 Å². The van der Waals surface area contributed by atoms with E-state index in [1.165, 1.54) is 0 Å². The first kappa shape index (κ1) is 14.6. The average Bonchev–Trinajstić information content (AvgIpc) is 2.88. The van der Waals surface area contributed by atoms with Gasteiger partial charge in [-0.05, 0) is 16.0 Å². The molecule has 0 radical (unpaired) electrons. The highest BCUT2D eigenvalue weighted by Crippen LogP contribution is 2.05. The SMILES string of the molecule is OCCN(CCO)Cc1nnnn1Cc1ccccc1. The van der Waals surface area contributed by atoms with Gasteiger partial charge in [-0.3, -0.25) is 4.90 Å². The summed E-state index contributed by atoms with van der Waals surface area (Å²) in [7, 11) is 0. The molecule has 0 saturated carbocycles. The minimum absolute atomic E-state index is 0.0419. The summed E-state index contributed by atoms with van der Waals surface area (Å²) in [6.45, 7) is 2.16. The fourth-order valence-electron chi connectivity index (χ4n) is 1.97. The van der Waals surface area contributed by atoms with Crippen LogP contribution >= 0.6 is 0 Å². The van der Waals surface area contributed by atoms with Crippen molar-refractivity contribution in [3.8, 4) is 0 Å². The van der Waals surface area contributed by atoms with Gasteiger partial charge in [0, 0.05) is 13.1 Å². The fraction of sp³-hybridized carbons (Fsp3) is 0.462. The number of nitrogens with zero attached hydrogens (tertiary/aromatic N) is 5. The Labute approximate surface area is 117 Å². The van der Waals surface area contributed by atoms with Crippen LogP contribution in [-0.2, 0) is 13.1 Å². The first-order chi connectivity index (χ1) is 9.83. The number of hydrogen-bond acceptors (Lipinski definition) is 6. The lowest BCUT2D eigenvalue weighted by Crippen LogP contribution is -2.30. The van der Waals surface area contributed by atoms with Crippen LogP contribution in [0.1, 0.15) is 11.4 Å². The third-order valence-electron chi connectivity index (χ3n) is 2.98. The Bertz CT molecular complexity index is 496. The monoisotopic (exact) mass is 277 g/mol. The van der Waals surface area contributed by atoms with Crippen LogP contribution in [0.3, 0.4) is 0 Å². The molecule has 2 N–H and O–H groups in total. The van der Waals surface area contributed by atoms with Crippen LogP contribution in [0.2, 0.25) is 0 Å². The molecule has 1 aromatic heterocycles. The van der Waals surface area contributed by atoms with Gasteiger partial charge in [0.2, 0.25) is 0 Å². The molecule has 1 aromatic carbocycles. The second-order valence-corrected chi connectivity index (χ2v) is 4.46. The summed E-state index contributed by atoms with van der Waals surface area (Å²) in [5, 5.41) is 29.7. The van der Waals surface area contributed by atoms with Gasteiger partial charge in [0.15, 0.2) is 5.82 Å². The van der Waals surface area contributed by atoms with Crippen molar-refractivity contribution in [2.75, 3.05) is 26.3 Å². The summed E-state index contributed by atoms with van der Waals surface area (Å²) < 4.78 is 1.73.